The third kappa shape index (κ3) is 4.95. The SMILES string of the molecule is CS(=O)(=O)c1cc(F)c(N[C@H]2CCCN(C3CCN(c4noc(C(F)F)n4)CC3)C2=O)cc1F. The highest BCUT2D eigenvalue weighted by Gasteiger charge is 2.36. The van der Waals surface area contributed by atoms with Gasteiger partial charge in [-0.25, -0.2) is 17.2 Å². The fourth-order valence-electron chi connectivity index (χ4n) is 4.33. The van der Waals surface area contributed by atoms with E-state index in [1.807, 2.05) is 0 Å². The van der Waals surface area contributed by atoms with Crippen molar-refractivity contribution in [2.75, 3.05) is 36.1 Å². The normalized spacial score (nSPS) is 20.3. The second-order valence-electron chi connectivity index (χ2n) is 8.36. The lowest BCUT2D eigenvalue weighted by molar-refractivity contribution is -0.137. The molecule has 4 rings (SSSR count). The minimum atomic E-state index is -3.94. The first kappa shape index (κ1) is 24.2. The molecule has 0 radical (unpaired) electrons. The molecule has 9 nitrogen and oxygen atoms in total. The molecule has 1 aromatic heterocycles. The maximum Gasteiger partial charge on any atom is 0.316 e. The Morgan fingerprint density at radius 1 is 1.12 bits per heavy atom. The van der Waals surface area contributed by atoms with Gasteiger partial charge in [-0.1, -0.05) is 0 Å². The number of hydrogen-bond acceptors (Lipinski definition) is 8. The van der Waals surface area contributed by atoms with Crippen LogP contribution in [0.3, 0.4) is 0 Å². The standard InChI is InChI=1S/C20H23F4N5O4S/c1-34(31,32)16-10-12(21)15(9-13(16)22)25-14-3-2-6-29(19(14)30)11-4-7-28(8-5-11)20-26-18(17(23)24)33-27-20/h9-11,14,17,25H,2-8H2,1H3/t14-/m0/s1. The topological polar surface area (TPSA) is 109 Å². The van der Waals surface area contributed by atoms with Crippen LogP contribution in [0.1, 0.15) is 38.0 Å². The number of piperidine rings is 2. The van der Waals surface area contributed by atoms with E-state index >= 15 is 0 Å². The lowest BCUT2D eigenvalue weighted by Crippen LogP contribution is -2.54. The largest absolute Gasteiger partial charge is 0.371 e. The van der Waals surface area contributed by atoms with E-state index in [1.54, 1.807) is 9.80 Å². The van der Waals surface area contributed by atoms with Crippen molar-refractivity contribution >= 4 is 27.4 Å². The van der Waals surface area contributed by atoms with Crippen LogP contribution in [0.4, 0.5) is 29.2 Å². The highest BCUT2D eigenvalue weighted by Crippen LogP contribution is 2.28. The smallest absolute Gasteiger partial charge is 0.316 e. The van der Waals surface area contributed by atoms with Crippen LogP contribution in [0.15, 0.2) is 21.6 Å². The number of aromatic nitrogens is 2. The molecule has 0 unspecified atom stereocenters. The molecule has 1 amide bonds. The number of halogens is 4. The zero-order chi connectivity index (χ0) is 24.6. The third-order valence-electron chi connectivity index (χ3n) is 6.03. The van der Waals surface area contributed by atoms with Gasteiger partial charge >= 0.3 is 6.43 Å². The number of benzene rings is 1. The van der Waals surface area contributed by atoms with Gasteiger partial charge < -0.3 is 19.6 Å². The van der Waals surface area contributed by atoms with Gasteiger partial charge in [-0.05, 0) is 36.9 Å². The van der Waals surface area contributed by atoms with Gasteiger partial charge in [0.25, 0.3) is 11.8 Å². The molecule has 0 aliphatic carbocycles. The van der Waals surface area contributed by atoms with Crippen LogP contribution in [-0.4, -0.2) is 67.3 Å². The fraction of sp³-hybridized carbons (Fsp3) is 0.550. The van der Waals surface area contributed by atoms with Crippen LogP contribution in [0, 0.1) is 11.6 Å². The van der Waals surface area contributed by atoms with E-state index in [2.05, 4.69) is 20.0 Å². The summed E-state index contributed by atoms with van der Waals surface area (Å²) < 4.78 is 81.7. The molecule has 2 aromatic rings. The summed E-state index contributed by atoms with van der Waals surface area (Å²) in [5, 5.41) is 6.30. The number of amides is 1. The minimum absolute atomic E-state index is 0.0771. The first-order valence-electron chi connectivity index (χ1n) is 10.7. The van der Waals surface area contributed by atoms with Crippen LogP contribution in [0.2, 0.25) is 0 Å². The van der Waals surface area contributed by atoms with Gasteiger partial charge in [-0.15, -0.1) is 0 Å². The minimum Gasteiger partial charge on any atom is -0.371 e. The summed E-state index contributed by atoms with van der Waals surface area (Å²) >= 11 is 0. The number of rotatable bonds is 6. The average Bonchev–Trinajstić information content (AvgIpc) is 3.27. The van der Waals surface area contributed by atoms with E-state index in [4.69, 9.17) is 0 Å². The van der Waals surface area contributed by atoms with Gasteiger partial charge in [0.1, 0.15) is 22.6 Å². The van der Waals surface area contributed by atoms with Gasteiger partial charge in [-0.3, -0.25) is 4.79 Å². The van der Waals surface area contributed by atoms with E-state index in [0.29, 0.717) is 51.4 Å². The molecule has 2 aliphatic heterocycles. The predicted octanol–water partition coefficient (Wildman–Crippen LogP) is 2.76. The van der Waals surface area contributed by atoms with Crippen molar-refractivity contribution in [2.45, 2.75) is 49.1 Å². The van der Waals surface area contributed by atoms with Gasteiger partial charge in [0, 0.05) is 38.0 Å². The number of anilines is 2. The summed E-state index contributed by atoms with van der Waals surface area (Å²) in [5.74, 6) is -3.01. The number of hydrogen-bond donors (Lipinski definition) is 1. The van der Waals surface area contributed by atoms with Crippen LogP contribution in [0.25, 0.3) is 0 Å². The lowest BCUT2D eigenvalue weighted by Gasteiger charge is -2.42. The summed E-state index contributed by atoms with van der Waals surface area (Å²) in [5.41, 5.74) is -0.285. The summed E-state index contributed by atoms with van der Waals surface area (Å²) in [4.78, 5) is 19.4. The summed E-state index contributed by atoms with van der Waals surface area (Å²) in [6.07, 6.45) is 0.0593. The molecule has 0 spiro atoms. The monoisotopic (exact) mass is 505 g/mol. The summed E-state index contributed by atoms with van der Waals surface area (Å²) in [6.45, 7) is 1.37. The molecule has 14 heteroatoms. The van der Waals surface area contributed by atoms with Crippen LogP contribution >= 0.6 is 0 Å². The Morgan fingerprint density at radius 3 is 2.44 bits per heavy atom. The Labute approximate surface area is 193 Å². The average molecular weight is 505 g/mol. The van der Waals surface area contributed by atoms with Crippen molar-refractivity contribution in [3.05, 3.63) is 29.7 Å². The molecule has 186 valence electrons. The second kappa shape index (κ2) is 9.39. The molecule has 0 saturated carbocycles. The number of sulfone groups is 1. The zero-order valence-electron chi connectivity index (χ0n) is 18.2. The molecule has 1 atom stereocenters. The third-order valence-corrected chi connectivity index (χ3v) is 7.14. The van der Waals surface area contributed by atoms with Gasteiger partial charge in [0.2, 0.25) is 5.91 Å². The Kier molecular flexibility index (Phi) is 6.69. The maximum atomic E-state index is 14.5. The van der Waals surface area contributed by atoms with Crippen molar-refractivity contribution in [3.63, 3.8) is 0 Å². The number of alkyl halides is 2. The Balaban J connectivity index is 1.40. The van der Waals surface area contributed by atoms with E-state index < -0.39 is 44.7 Å². The van der Waals surface area contributed by atoms with Crippen LogP contribution in [-0.2, 0) is 14.6 Å². The summed E-state index contributed by atoms with van der Waals surface area (Å²) in [7, 11) is -3.94. The van der Waals surface area contributed by atoms with Gasteiger partial charge in [0.15, 0.2) is 9.84 Å². The first-order chi connectivity index (χ1) is 16.0. The number of carbonyl (C=O) groups excluding carboxylic acids is 1. The highest BCUT2D eigenvalue weighted by atomic mass is 32.2. The molecule has 1 aromatic carbocycles. The molecule has 3 heterocycles. The van der Waals surface area contributed by atoms with Gasteiger partial charge in [-0.2, -0.15) is 13.8 Å². The van der Waals surface area contributed by atoms with E-state index in [1.165, 1.54) is 0 Å². The number of likely N-dealkylation sites (tertiary alicyclic amines) is 1. The lowest BCUT2D eigenvalue weighted by atomic mass is 9.97. The van der Waals surface area contributed by atoms with Crippen molar-refractivity contribution in [1.29, 1.82) is 0 Å². The van der Waals surface area contributed by atoms with Gasteiger partial charge in [0.05, 0.1) is 5.69 Å². The number of nitrogens with one attached hydrogen (secondary N) is 1. The number of nitrogens with zero attached hydrogens (tertiary/aromatic N) is 4. The molecular weight excluding hydrogens is 482 g/mol. The first-order valence-corrected chi connectivity index (χ1v) is 12.6. The summed E-state index contributed by atoms with van der Waals surface area (Å²) in [6, 6.07) is 0.430. The Morgan fingerprint density at radius 2 is 1.82 bits per heavy atom. The molecule has 1 N–H and O–H groups in total. The van der Waals surface area contributed by atoms with Crippen molar-refractivity contribution < 1.29 is 35.3 Å². The zero-order valence-corrected chi connectivity index (χ0v) is 19.0. The maximum absolute atomic E-state index is 14.5. The van der Waals surface area contributed by atoms with Crippen LogP contribution in [0.5, 0.6) is 0 Å². The van der Waals surface area contributed by atoms with Crippen LogP contribution < -0.4 is 10.2 Å². The fourth-order valence-corrected chi connectivity index (χ4v) is 5.06. The highest BCUT2D eigenvalue weighted by molar-refractivity contribution is 7.90. The predicted molar refractivity (Wildman–Crippen MR) is 112 cm³/mol. The Hall–Kier alpha value is -2.90. The molecule has 0 bridgehead atoms. The molecular formula is C20H23F4N5O4S. The Bertz CT molecular complexity index is 1170. The van der Waals surface area contributed by atoms with Crippen molar-refractivity contribution in [2.24, 2.45) is 0 Å². The number of carbonyl (C=O) groups is 1. The molecule has 2 fully saturated rings. The van der Waals surface area contributed by atoms with E-state index in [-0.39, 0.29) is 23.6 Å². The van der Waals surface area contributed by atoms with E-state index in [9.17, 15) is 30.8 Å². The van der Waals surface area contributed by atoms with Crippen molar-refractivity contribution in [3.8, 4) is 0 Å². The van der Waals surface area contributed by atoms with Crippen molar-refractivity contribution in [1.82, 2.24) is 15.0 Å². The molecule has 2 saturated heterocycles. The molecule has 2 aliphatic rings. The second-order valence-corrected chi connectivity index (χ2v) is 10.3. The quantitative estimate of drug-likeness (QED) is 0.597. The molecule has 34 heavy (non-hydrogen) atoms. The van der Waals surface area contributed by atoms with E-state index in [0.717, 1.165) is 12.3 Å².